The number of β-amino-alcohol motifs (C(OH)–C–C–N with tert-alkyl or cyclic N) is 1. The number of hydrogen-bond donors (Lipinski definition) is 1. The lowest BCUT2D eigenvalue weighted by Crippen LogP contribution is -2.53. The Kier molecular flexibility index (Phi) is 9.84. The lowest BCUT2D eigenvalue weighted by molar-refractivity contribution is -0.272. The van der Waals surface area contributed by atoms with Crippen LogP contribution in [0.25, 0.3) is 10.9 Å². The maximum atomic E-state index is 14.8. The second kappa shape index (κ2) is 13.8. The highest BCUT2D eigenvalue weighted by molar-refractivity contribution is 5.86. The number of likely N-dealkylation sites (tertiary alicyclic amines) is 1. The van der Waals surface area contributed by atoms with E-state index in [1.807, 2.05) is 6.07 Å². The van der Waals surface area contributed by atoms with E-state index in [9.17, 15) is 28.3 Å². The molecule has 1 aliphatic rings. The van der Waals surface area contributed by atoms with Gasteiger partial charge in [-0.1, -0.05) is 12.1 Å². The van der Waals surface area contributed by atoms with Crippen LogP contribution >= 0.6 is 0 Å². The zero-order chi connectivity index (χ0) is 32.9. The van der Waals surface area contributed by atoms with E-state index in [0.717, 1.165) is 5.56 Å². The molecular formula is C34H35F3N4O5. The Morgan fingerprint density at radius 2 is 1.80 bits per heavy atom. The number of fused-ring (bicyclic) bond motifs is 1. The molecule has 0 amide bonds. The Balaban J connectivity index is 1.33. The standard InChI is InChI=1S/C34H35F3N4O5/c1-3-45-32(42)18-24-5-7-30(31(17-24)44-2)46-26-10-14-40(15-11-26)22-33(43,34(35,36)37)28-21-41(20-23-8-12-39-13-9-23)29-16-25(19-38)4-6-27(28)29/h4-9,12-13,16-17,21,26,43H,3,10-11,14-15,18,20,22H2,1-2H3. The van der Waals surface area contributed by atoms with Crippen molar-refractivity contribution in [1.82, 2.24) is 14.5 Å². The molecule has 5 rings (SSSR count). The largest absolute Gasteiger partial charge is 0.493 e. The molecule has 1 fully saturated rings. The summed E-state index contributed by atoms with van der Waals surface area (Å²) in [7, 11) is 1.49. The molecule has 0 aliphatic carbocycles. The van der Waals surface area contributed by atoms with E-state index >= 15 is 0 Å². The second-order valence-corrected chi connectivity index (χ2v) is 11.3. The van der Waals surface area contributed by atoms with Crippen LogP contribution in [0.5, 0.6) is 11.5 Å². The summed E-state index contributed by atoms with van der Waals surface area (Å²) >= 11 is 0. The van der Waals surface area contributed by atoms with E-state index in [1.165, 1.54) is 31.5 Å². The van der Waals surface area contributed by atoms with Gasteiger partial charge in [-0.3, -0.25) is 14.7 Å². The number of methoxy groups -OCH3 is 1. The van der Waals surface area contributed by atoms with Gasteiger partial charge < -0.3 is 23.9 Å². The Morgan fingerprint density at radius 1 is 1.07 bits per heavy atom. The number of carbonyl (C=O) groups is 1. The summed E-state index contributed by atoms with van der Waals surface area (Å²) in [5, 5.41) is 21.2. The number of ether oxygens (including phenoxy) is 3. The molecule has 1 atom stereocenters. The summed E-state index contributed by atoms with van der Waals surface area (Å²) in [5.74, 6) is 0.562. The maximum Gasteiger partial charge on any atom is 0.422 e. The summed E-state index contributed by atoms with van der Waals surface area (Å²) in [5.41, 5.74) is -1.20. The van der Waals surface area contributed by atoms with Gasteiger partial charge in [0.25, 0.3) is 0 Å². The van der Waals surface area contributed by atoms with Gasteiger partial charge in [-0.05, 0) is 67.3 Å². The van der Waals surface area contributed by atoms with Crippen molar-refractivity contribution in [1.29, 1.82) is 5.26 Å². The second-order valence-electron chi connectivity index (χ2n) is 11.3. The van der Waals surface area contributed by atoms with Gasteiger partial charge in [0.05, 0.1) is 37.3 Å². The summed E-state index contributed by atoms with van der Waals surface area (Å²) < 4.78 is 62.8. The number of rotatable bonds is 11. The van der Waals surface area contributed by atoms with Crippen molar-refractivity contribution in [3.63, 3.8) is 0 Å². The zero-order valence-electron chi connectivity index (χ0n) is 25.6. The number of alkyl halides is 3. The summed E-state index contributed by atoms with van der Waals surface area (Å²) in [6.07, 6.45) is 0.210. The van der Waals surface area contributed by atoms with E-state index in [1.54, 1.807) is 59.1 Å². The molecule has 2 aromatic heterocycles. The average molecular weight is 637 g/mol. The highest BCUT2D eigenvalue weighted by atomic mass is 19.4. The highest BCUT2D eigenvalue weighted by Gasteiger charge is 2.57. The van der Waals surface area contributed by atoms with E-state index in [4.69, 9.17) is 14.2 Å². The minimum absolute atomic E-state index is 0.0902. The van der Waals surface area contributed by atoms with Crippen molar-refractivity contribution in [3.8, 4) is 17.6 Å². The SMILES string of the molecule is CCOC(=O)Cc1ccc(OC2CCN(CC(O)(c3cn(Cc4ccncc4)c4cc(C#N)ccc34)C(F)(F)F)CC2)c(OC)c1. The van der Waals surface area contributed by atoms with Crippen LogP contribution in [0.3, 0.4) is 0 Å². The predicted octanol–water partition coefficient (Wildman–Crippen LogP) is 5.36. The number of aliphatic hydroxyl groups is 1. The fraction of sp³-hybridized carbons (Fsp3) is 0.382. The first kappa shape index (κ1) is 32.8. The van der Waals surface area contributed by atoms with Gasteiger partial charge in [0, 0.05) is 55.7 Å². The van der Waals surface area contributed by atoms with E-state index < -0.39 is 18.3 Å². The number of benzene rings is 2. The lowest BCUT2D eigenvalue weighted by Gasteiger charge is -2.39. The van der Waals surface area contributed by atoms with Crippen LogP contribution in [0.2, 0.25) is 0 Å². The van der Waals surface area contributed by atoms with Gasteiger partial charge >= 0.3 is 12.1 Å². The van der Waals surface area contributed by atoms with E-state index in [2.05, 4.69) is 4.98 Å². The van der Waals surface area contributed by atoms with Crippen molar-refractivity contribution >= 4 is 16.9 Å². The van der Waals surface area contributed by atoms with Crippen LogP contribution in [-0.2, 0) is 28.1 Å². The van der Waals surface area contributed by atoms with Gasteiger partial charge in [-0.15, -0.1) is 0 Å². The first-order chi connectivity index (χ1) is 22.0. The third-order valence-corrected chi connectivity index (χ3v) is 8.19. The minimum Gasteiger partial charge on any atom is -0.493 e. The molecule has 1 aliphatic heterocycles. The molecular weight excluding hydrogens is 601 g/mol. The molecule has 46 heavy (non-hydrogen) atoms. The van der Waals surface area contributed by atoms with Crippen molar-refractivity contribution in [2.45, 2.75) is 50.6 Å². The smallest absolute Gasteiger partial charge is 0.422 e. The van der Waals surface area contributed by atoms with Crippen molar-refractivity contribution in [3.05, 3.63) is 89.4 Å². The van der Waals surface area contributed by atoms with Crippen LogP contribution in [-0.4, -0.2) is 71.2 Å². The number of esters is 1. The molecule has 1 unspecified atom stereocenters. The monoisotopic (exact) mass is 636 g/mol. The first-order valence-electron chi connectivity index (χ1n) is 15.0. The lowest BCUT2D eigenvalue weighted by atomic mass is 9.90. The van der Waals surface area contributed by atoms with Gasteiger partial charge in [-0.2, -0.15) is 18.4 Å². The molecule has 12 heteroatoms. The third kappa shape index (κ3) is 7.11. The molecule has 242 valence electrons. The maximum absolute atomic E-state index is 14.8. The fourth-order valence-electron chi connectivity index (χ4n) is 5.82. The predicted molar refractivity (Wildman–Crippen MR) is 163 cm³/mol. The van der Waals surface area contributed by atoms with Gasteiger partial charge in [0.15, 0.2) is 11.5 Å². The zero-order valence-corrected chi connectivity index (χ0v) is 25.6. The van der Waals surface area contributed by atoms with Crippen LogP contribution in [0, 0.1) is 11.3 Å². The highest BCUT2D eigenvalue weighted by Crippen LogP contribution is 2.44. The number of nitriles is 1. The van der Waals surface area contributed by atoms with Crippen LogP contribution in [0.4, 0.5) is 13.2 Å². The molecule has 0 saturated carbocycles. The number of nitrogens with zero attached hydrogens (tertiary/aromatic N) is 4. The number of piperidine rings is 1. The Labute approximate surface area is 264 Å². The molecule has 1 N–H and O–H groups in total. The minimum atomic E-state index is -4.98. The van der Waals surface area contributed by atoms with Gasteiger partial charge in [0.2, 0.25) is 5.60 Å². The Bertz CT molecular complexity index is 1710. The molecule has 2 aromatic carbocycles. The van der Waals surface area contributed by atoms with Crippen LogP contribution < -0.4 is 9.47 Å². The molecule has 0 bridgehead atoms. The number of hydrogen-bond acceptors (Lipinski definition) is 8. The quantitative estimate of drug-likeness (QED) is 0.219. The molecule has 0 spiro atoms. The van der Waals surface area contributed by atoms with E-state index in [0.29, 0.717) is 41.0 Å². The summed E-state index contributed by atoms with van der Waals surface area (Å²) in [6.45, 7) is 2.12. The Hall–Kier alpha value is -4.60. The third-order valence-electron chi connectivity index (χ3n) is 8.19. The van der Waals surface area contributed by atoms with Crippen LogP contribution in [0.1, 0.15) is 42.0 Å². The number of halogens is 3. The molecule has 0 radical (unpaired) electrons. The Morgan fingerprint density at radius 3 is 2.46 bits per heavy atom. The van der Waals surface area contributed by atoms with Gasteiger partial charge in [-0.25, -0.2) is 0 Å². The first-order valence-corrected chi connectivity index (χ1v) is 15.0. The number of carbonyl (C=O) groups excluding carboxylic acids is 1. The van der Waals surface area contributed by atoms with E-state index in [-0.39, 0.29) is 55.7 Å². The number of pyridine rings is 1. The van der Waals surface area contributed by atoms with Crippen molar-refractivity contribution in [2.75, 3.05) is 33.4 Å². The van der Waals surface area contributed by atoms with Gasteiger partial charge in [0.1, 0.15) is 6.10 Å². The average Bonchev–Trinajstić information content (AvgIpc) is 3.40. The van der Waals surface area contributed by atoms with Crippen molar-refractivity contribution < 1.29 is 37.3 Å². The summed E-state index contributed by atoms with van der Waals surface area (Å²) in [6, 6.07) is 15.2. The summed E-state index contributed by atoms with van der Waals surface area (Å²) in [4.78, 5) is 17.5. The fourth-order valence-corrected chi connectivity index (χ4v) is 5.82. The van der Waals surface area contributed by atoms with Crippen molar-refractivity contribution in [2.24, 2.45) is 0 Å². The topological polar surface area (TPSA) is 110 Å². The normalized spacial score (nSPS) is 15.7. The van der Waals surface area contributed by atoms with Crippen LogP contribution in [0.15, 0.2) is 67.1 Å². The molecule has 3 heterocycles. The molecule has 1 saturated heterocycles. The molecule has 4 aromatic rings. The molecule has 9 nitrogen and oxygen atoms in total. The number of aromatic nitrogens is 2.